The van der Waals surface area contributed by atoms with Crippen molar-refractivity contribution in [3.8, 4) is 0 Å². The Kier molecular flexibility index (Phi) is 5.26. The molecular formula is C11H20N4O2S2. The van der Waals surface area contributed by atoms with Gasteiger partial charge in [-0.25, -0.2) is 13.1 Å². The molecule has 108 valence electrons. The Labute approximate surface area is 118 Å². The number of nitrogens with zero attached hydrogens (tertiary/aromatic N) is 1. The zero-order chi connectivity index (χ0) is 13.7. The average molecular weight is 304 g/mol. The van der Waals surface area contributed by atoms with E-state index in [9.17, 15) is 8.42 Å². The number of rotatable bonds is 7. The van der Waals surface area contributed by atoms with Crippen LogP contribution in [0.1, 0.15) is 18.9 Å². The lowest BCUT2D eigenvalue weighted by Crippen LogP contribution is -2.30. The summed E-state index contributed by atoms with van der Waals surface area (Å²) < 4.78 is 27.1. The first kappa shape index (κ1) is 14.8. The summed E-state index contributed by atoms with van der Waals surface area (Å²) in [5.74, 6) is 2.61. The van der Waals surface area contributed by atoms with Crippen molar-refractivity contribution in [3.63, 3.8) is 0 Å². The van der Waals surface area contributed by atoms with Gasteiger partial charge in [0.15, 0.2) is 5.03 Å². The van der Waals surface area contributed by atoms with Gasteiger partial charge in [0, 0.05) is 18.7 Å². The van der Waals surface area contributed by atoms with Crippen LogP contribution in [0.4, 0.5) is 0 Å². The minimum absolute atomic E-state index is 0.180. The fourth-order valence-electron chi connectivity index (χ4n) is 1.96. The van der Waals surface area contributed by atoms with Crippen molar-refractivity contribution < 1.29 is 8.42 Å². The number of hydrogen-bond donors (Lipinski definition) is 3. The van der Waals surface area contributed by atoms with Gasteiger partial charge in [0.25, 0.3) is 10.0 Å². The molecule has 1 fully saturated rings. The van der Waals surface area contributed by atoms with Crippen LogP contribution < -0.4 is 10.0 Å². The topological polar surface area (TPSA) is 86.9 Å². The van der Waals surface area contributed by atoms with Crippen molar-refractivity contribution in [2.45, 2.75) is 24.9 Å². The number of H-pyrrole nitrogens is 1. The lowest BCUT2D eigenvalue weighted by atomic mass is 10.1. The smallest absolute Gasteiger partial charge is 0.257 e. The van der Waals surface area contributed by atoms with Crippen molar-refractivity contribution in [3.05, 3.63) is 11.8 Å². The Morgan fingerprint density at radius 3 is 3.11 bits per heavy atom. The lowest BCUT2D eigenvalue weighted by Gasteiger charge is -2.10. The molecule has 1 unspecified atom stereocenters. The Hall–Kier alpha value is -0.570. The van der Waals surface area contributed by atoms with E-state index in [0.29, 0.717) is 24.6 Å². The molecule has 0 radical (unpaired) electrons. The van der Waals surface area contributed by atoms with Gasteiger partial charge in [-0.05, 0) is 30.4 Å². The van der Waals surface area contributed by atoms with Gasteiger partial charge in [-0.3, -0.25) is 5.10 Å². The molecule has 0 aromatic carbocycles. The van der Waals surface area contributed by atoms with Crippen LogP contribution in [0, 0.1) is 5.92 Å². The van der Waals surface area contributed by atoms with Crippen LogP contribution in [0.3, 0.4) is 0 Å². The number of hydrogen-bond acceptors (Lipinski definition) is 5. The summed E-state index contributed by atoms with van der Waals surface area (Å²) in [6, 6.07) is 0. The third kappa shape index (κ3) is 3.95. The number of thioether (sulfide) groups is 1. The first-order valence-electron chi connectivity index (χ1n) is 6.44. The van der Waals surface area contributed by atoms with E-state index in [-0.39, 0.29) is 5.03 Å². The molecule has 1 aliphatic heterocycles. The molecule has 0 amide bonds. The molecule has 0 spiro atoms. The van der Waals surface area contributed by atoms with E-state index in [1.54, 1.807) is 6.20 Å². The van der Waals surface area contributed by atoms with Crippen LogP contribution in [-0.2, 0) is 16.6 Å². The highest BCUT2D eigenvalue weighted by molar-refractivity contribution is 7.99. The number of aromatic amines is 1. The molecule has 1 aliphatic rings. The fraction of sp³-hybridized carbons (Fsp3) is 0.727. The number of aromatic nitrogens is 2. The third-order valence-electron chi connectivity index (χ3n) is 3.10. The molecule has 19 heavy (non-hydrogen) atoms. The van der Waals surface area contributed by atoms with Crippen LogP contribution in [0.25, 0.3) is 0 Å². The number of sulfonamides is 1. The second-order valence-corrected chi connectivity index (χ2v) is 7.44. The maximum Gasteiger partial charge on any atom is 0.257 e. The van der Waals surface area contributed by atoms with E-state index in [4.69, 9.17) is 0 Å². The molecule has 8 heteroatoms. The highest BCUT2D eigenvalue weighted by atomic mass is 32.2. The highest BCUT2D eigenvalue weighted by Gasteiger charge is 2.23. The van der Waals surface area contributed by atoms with E-state index in [0.717, 1.165) is 24.5 Å². The molecule has 1 aromatic rings. The monoisotopic (exact) mass is 304 g/mol. The molecule has 0 aliphatic carbocycles. The van der Waals surface area contributed by atoms with Crippen LogP contribution >= 0.6 is 11.8 Å². The molecule has 1 saturated heterocycles. The Morgan fingerprint density at radius 2 is 2.42 bits per heavy atom. The highest BCUT2D eigenvalue weighted by Crippen LogP contribution is 2.23. The minimum Gasteiger partial charge on any atom is -0.313 e. The molecule has 0 saturated carbocycles. The number of nitrogens with one attached hydrogen (secondary N) is 3. The lowest BCUT2D eigenvalue weighted by molar-refractivity contribution is 0.541. The molecule has 1 atom stereocenters. The first-order valence-corrected chi connectivity index (χ1v) is 9.07. The summed E-state index contributed by atoms with van der Waals surface area (Å²) in [4.78, 5) is 0. The van der Waals surface area contributed by atoms with Crippen LogP contribution in [0.15, 0.2) is 11.2 Å². The first-order chi connectivity index (χ1) is 9.13. The Bertz CT molecular complexity index is 495. The van der Waals surface area contributed by atoms with E-state index < -0.39 is 10.0 Å². The second kappa shape index (κ2) is 6.74. The van der Waals surface area contributed by atoms with Gasteiger partial charge in [-0.1, -0.05) is 6.92 Å². The molecule has 2 rings (SSSR count). The maximum absolute atomic E-state index is 12.2. The van der Waals surface area contributed by atoms with E-state index >= 15 is 0 Å². The van der Waals surface area contributed by atoms with E-state index in [1.165, 1.54) is 0 Å². The average Bonchev–Trinajstić information content (AvgIpc) is 3.05. The van der Waals surface area contributed by atoms with Gasteiger partial charge >= 0.3 is 0 Å². The quantitative estimate of drug-likeness (QED) is 0.685. The van der Waals surface area contributed by atoms with Crippen molar-refractivity contribution in [2.24, 2.45) is 5.92 Å². The normalized spacial score (nSPS) is 19.9. The molecule has 3 N–H and O–H groups in total. The summed E-state index contributed by atoms with van der Waals surface area (Å²) in [5, 5.41) is 9.70. The molecule has 2 heterocycles. The van der Waals surface area contributed by atoms with Crippen molar-refractivity contribution in [2.75, 3.05) is 24.6 Å². The van der Waals surface area contributed by atoms with Crippen molar-refractivity contribution in [1.29, 1.82) is 0 Å². The SMILES string of the molecule is CCNCc1cn[nH]c1S(=O)(=O)NCC1CCSC1. The van der Waals surface area contributed by atoms with Gasteiger partial charge in [-0.15, -0.1) is 0 Å². The van der Waals surface area contributed by atoms with Gasteiger partial charge in [0.05, 0.1) is 6.20 Å². The molecule has 1 aromatic heterocycles. The van der Waals surface area contributed by atoms with E-state index in [1.807, 2.05) is 18.7 Å². The standard InChI is InChI=1S/C11H20N4O2S2/c1-2-12-6-10-7-13-15-11(10)19(16,17)14-5-9-3-4-18-8-9/h7,9,12,14H,2-6,8H2,1H3,(H,13,15). The molecule has 0 bridgehead atoms. The van der Waals surface area contributed by atoms with Gasteiger partial charge in [0.1, 0.15) is 0 Å². The molecule has 6 nitrogen and oxygen atoms in total. The minimum atomic E-state index is -3.48. The van der Waals surface area contributed by atoms with Crippen LogP contribution in [0.2, 0.25) is 0 Å². The van der Waals surface area contributed by atoms with Crippen LogP contribution in [0.5, 0.6) is 0 Å². The Morgan fingerprint density at radius 1 is 1.58 bits per heavy atom. The van der Waals surface area contributed by atoms with Crippen molar-refractivity contribution in [1.82, 2.24) is 20.2 Å². The summed E-state index contributed by atoms with van der Waals surface area (Å²) >= 11 is 1.88. The third-order valence-corrected chi connectivity index (χ3v) is 5.77. The zero-order valence-electron chi connectivity index (χ0n) is 11.0. The van der Waals surface area contributed by atoms with Crippen molar-refractivity contribution >= 4 is 21.8 Å². The Balaban J connectivity index is 1.99. The zero-order valence-corrected chi connectivity index (χ0v) is 12.6. The van der Waals surface area contributed by atoms with Crippen LogP contribution in [-0.4, -0.2) is 43.2 Å². The van der Waals surface area contributed by atoms with Gasteiger partial charge in [-0.2, -0.15) is 16.9 Å². The second-order valence-electron chi connectivity index (χ2n) is 4.59. The summed E-state index contributed by atoms with van der Waals surface area (Å²) in [6.45, 7) is 3.78. The van der Waals surface area contributed by atoms with Gasteiger partial charge < -0.3 is 5.32 Å². The van der Waals surface area contributed by atoms with Gasteiger partial charge in [0.2, 0.25) is 0 Å². The predicted molar refractivity (Wildman–Crippen MR) is 76.6 cm³/mol. The summed E-state index contributed by atoms with van der Waals surface area (Å²) in [6.07, 6.45) is 2.64. The molecular weight excluding hydrogens is 284 g/mol. The fourth-order valence-corrected chi connectivity index (χ4v) is 4.49. The largest absolute Gasteiger partial charge is 0.313 e. The van der Waals surface area contributed by atoms with E-state index in [2.05, 4.69) is 20.2 Å². The maximum atomic E-state index is 12.2. The summed E-state index contributed by atoms with van der Waals surface area (Å²) in [7, 11) is -3.48. The predicted octanol–water partition coefficient (Wildman–Crippen LogP) is 0.551. The summed E-state index contributed by atoms with van der Waals surface area (Å²) in [5.41, 5.74) is 0.676.